The summed E-state index contributed by atoms with van der Waals surface area (Å²) in [4.78, 5) is 24.3. The minimum absolute atomic E-state index is 0.0317. The summed E-state index contributed by atoms with van der Waals surface area (Å²) in [5.74, 6) is 0.395. The smallest absolute Gasteiger partial charge is 0.243 e. The van der Waals surface area contributed by atoms with Gasteiger partial charge in [0.2, 0.25) is 11.8 Å². The highest BCUT2D eigenvalue weighted by atomic mass is 16.5. The summed E-state index contributed by atoms with van der Waals surface area (Å²) in [5, 5.41) is 8.77. The van der Waals surface area contributed by atoms with Gasteiger partial charge < -0.3 is 20.7 Å². The molecule has 0 bridgehead atoms. The SMILES string of the molecule is COc1ccccc1NC(=O)CNc1ccc(NC(=O)CCc2ccccc2)cc1. The summed E-state index contributed by atoms with van der Waals surface area (Å²) in [7, 11) is 1.56. The Hall–Kier alpha value is -3.80. The second-order valence-corrected chi connectivity index (χ2v) is 6.71. The van der Waals surface area contributed by atoms with E-state index >= 15 is 0 Å². The third-order valence-corrected chi connectivity index (χ3v) is 4.49. The van der Waals surface area contributed by atoms with Crippen LogP contribution in [-0.2, 0) is 16.0 Å². The van der Waals surface area contributed by atoms with E-state index in [9.17, 15) is 9.59 Å². The summed E-state index contributed by atoms with van der Waals surface area (Å²) < 4.78 is 5.23. The first-order valence-corrected chi connectivity index (χ1v) is 9.74. The average molecular weight is 403 g/mol. The average Bonchev–Trinajstić information content (AvgIpc) is 2.78. The maximum Gasteiger partial charge on any atom is 0.243 e. The van der Waals surface area contributed by atoms with E-state index in [1.165, 1.54) is 0 Å². The molecule has 0 fully saturated rings. The fourth-order valence-corrected chi connectivity index (χ4v) is 2.92. The van der Waals surface area contributed by atoms with Crippen LogP contribution in [0.4, 0.5) is 17.1 Å². The molecule has 6 heteroatoms. The predicted octanol–water partition coefficient (Wildman–Crippen LogP) is 4.32. The molecule has 3 rings (SSSR count). The standard InChI is InChI=1S/C24H25N3O3/c1-30-22-10-6-5-9-21(22)27-24(29)17-25-19-12-14-20(15-13-19)26-23(28)16-11-18-7-3-2-4-8-18/h2-10,12-15,25H,11,16-17H2,1H3,(H,26,28)(H,27,29). The molecule has 154 valence electrons. The largest absolute Gasteiger partial charge is 0.495 e. The zero-order valence-corrected chi connectivity index (χ0v) is 16.9. The van der Waals surface area contributed by atoms with Crippen LogP contribution in [0.3, 0.4) is 0 Å². The van der Waals surface area contributed by atoms with Gasteiger partial charge in [-0.15, -0.1) is 0 Å². The fraction of sp³-hybridized carbons (Fsp3) is 0.167. The minimum atomic E-state index is -0.183. The third-order valence-electron chi connectivity index (χ3n) is 4.49. The number of hydrogen-bond acceptors (Lipinski definition) is 4. The maximum absolute atomic E-state index is 12.2. The van der Waals surface area contributed by atoms with E-state index in [-0.39, 0.29) is 18.4 Å². The van der Waals surface area contributed by atoms with Crippen molar-refractivity contribution in [1.29, 1.82) is 0 Å². The molecule has 0 aliphatic rings. The number of ether oxygens (including phenoxy) is 1. The Morgan fingerprint density at radius 2 is 1.43 bits per heavy atom. The molecule has 0 radical (unpaired) electrons. The second-order valence-electron chi connectivity index (χ2n) is 6.71. The molecule has 0 heterocycles. The predicted molar refractivity (Wildman–Crippen MR) is 120 cm³/mol. The Bertz CT molecular complexity index is 973. The Morgan fingerprint density at radius 3 is 2.17 bits per heavy atom. The second kappa shape index (κ2) is 10.7. The van der Waals surface area contributed by atoms with Crippen LogP contribution in [0.5, 0.6) is 5.75 Å². The molecule has 0 aliphatic carbocycles. The van der Waals surface area contributed by atoms with Crippen molar-refractivity contribution >= 4 is 28.9 Å². The van der Waals surface area contributed by atoms with Crippen LogP contribution in [-0.4, -0.2) is 25.5 Å². The third kappa shape index (κ3) is 6.38. The van der Waals surface area contributed by atoms with E-state index in [2.05, 4.69) is 16.0 Å². The van der Waals surface area contributed by atoms with Gasteiger partial charge in [-0.25, -0.2) is 0 Å². The van der Waals surface area contributed by atoms with Crippen LogP contribution in [0.25, 0.3) is 0 Å². The highest BCUT2D eigenvalue weighted by Crippen LogP contribution is 2.22. The first kappa shape index (κ1) is 20.9. The summed E-state index contributed by atoms with van der Waals surface area (Å²) in [6.07, 6.45) is 1.13. The van der Waals surface area contributed by atoms with Gasteiger partial charge in [-0.05, 0) is 48.4 Å². The summed E-state index contributed by atoms with van der Waals surface area (Å²) >= 11 is 0. The lowest BCUT2D eigenvalue weighted by molar-refractivity contribution is -0.116. The number of nitrogens with one attached hydrogen (secondary N) is 3. The van der Waals surface area contributed by atoms with Gasteiger partial charge in [0.05, 0.1) is 19.3 Å². The molecule has 0 aromatic heterocycles. The van der Waals surface area contributed by atoms with Crippen molar-refractivity contribution < 1.29 is 14.3 Å². The Morgan fingerprint density at radius 1 is 0.767 bits per heavy atom. The summed E-state index contributed by atoms with van der Waals surface area (Å²) in [6, 6.07) is 24.4. The van der Waals surface area contributed by atoms with Gasteiger partial charge in [0.1, 0.15) is 5.75 Å². The molecular weight excluding hydrogens is 378 g/mol. The fourth-order valence-electron chi connectivity index (χ4n) is 2.92. The molecule has 3 aromatic carbocycles. The minimum Gasteiger partial charge on any atom is -0.495 e. The molecule has 0 saturated carbocycles. The van der Waals surface area contributed by atoms with Crippen molar-refractivity contribution in [1.82, 2.24) is 0 Å². The lowest BCUT2D eigenvalue weighted by Gasteiger charge is -2.11. The molecule has 6 nitrogen and oxygen atoms in total. The molecule has 0 atom stereocenters. The van der Waals surface area contributed by atoms with Crippen molar-refractivity contribution in [2.75, 3.05) is 29.6 Å². The Balaban J connectivity index is 1.43. The topological polar surface area (TPSA) is 79.5 Å². The number of methoxy groups -OCH3 is 1. The zero-order chi connectivity index (χ0) is 21.2. The van der Waals surface area contributed by atoms with Gasteiger partial charge in [-0.1, -0.05) is 42.5 Å². The van der Waals surface area contributed by atoms with Gasteiger partial charge in [0.15, 0.2) is 0 Å². The van der Waals surface area contributed by atoms with Crippen molar-refractivity contribution in [3.05, 3.63) is 84.4 Å². The van der Waals surface area contributed by atoms with Crippen molar-refractivity contribution in [2.45, 2.75) is 12.8 Å². The van der Waals surface area contributed by atoms with Crippen molar-refractivity contribution in [2.24, 2.45) is 0 Å². The highest BCUT2D eigenvalue weighted by Gasteiger charge is 2.07. The van der Waals surface area contributed by atoms with Crippen LogP contribution < -0.4 is 20.7 Å². The van der Waals surface area contributed by atoms with Gasteiger partial charge >= 0.3 is 0 Å². The molecule has 0 aliphatic heterocycles. The van der Waals surface area contributed by atoms with E-state index in [4.69, 9.17) is 4.74 Å². The first-order chi connectivity index (χ1) is 14.6. The number of aryl methyl sites for hydroxylation is 1. The van der Waals surface area contributed by atoms with E-state index < -0.39 is 0 Å². The van der Waals surface area contributed by atoms with E-state index in [1.54, 1.807) is 31.4 Å². The van der Waals surface area contributed by atoms with Crippen molar-refractivity contribution in [3.8, 4) is 5.75 Å². The number of para-hydroxylation sites is 2. The van der Waals surface area contributed by atoms with Crippen LogP contribution >= 0.6 is 0 Å². The van der Waals surface area contributed by atoms with Gasteiger partial charge in [-0.2, -0.15) is 0 Å². The molecule has 30 heavy (non-hydrogen) atoms. The first-order valence-electron chi connectivity index (χ1n) is 9.74. The Labute approximate surface area is 176 Å². The van der Waals surface area contributed by atoms with Gasteiger partial charge in [0.25, 0.3) is 0 Å². The molecular formula is C24H25N3O3. The number of rotatable bonds is 9. The number of carbonyl (C=O) groups is 2. The number of carbonyl (C=O) groups excluding carboxylic acids is 2. The van der Waals surface area contributed by atoms with Crippen LogP contribution in [0.2, 0.25) is 0 Å². The monoisotopic (exact) mass is 403 g/mol. The van der Waals surface area contributed by atoms with E-state index in [0.717, 1.165) is 16.9 Å². The number of benzene rings is 3. The van der Waals surface area contributed by atoms with Crippen LogP contribution in [0, 0.1) is 0 Å². The normalized spacial score (nSPS) is 10.2. The molecule has 3 N–H and O–H groups in total. The number of amides is 2. The molecule has 0 saturated heterocycles. The lowest BCUT2D eigenvalue weighted by atomic mass is 10.1. The van der Waals surface area contributed by atoms with E-state index in [0.29, 0.717) is 24.3 Å². The zero-order valence-electron chi connectivity index (χ0n) is 16.9. The van der Waals surface area contributed by atoms with Crippen molar-refractivity contribution in [3.63, 3.8) is 0 Å². The van der Waals surface area contributed by atoms with Gasteiger partial charge in [-0.3, -0.25) is 9.59 Å². The van der Waals surface area contributed by atoms with Gasteiger partial charge in [0, 0.05) is 17.8 Å². The molecule has 0 spiro atoms. The van der Waals surface area contributed by atoms with E-state index in [1.807, 2.05) is 54.6 Å². The summed E-state index contributed by atoms with van der Waals surface area (Å²) in [5.41, 5.74) is 3.27. The summed E-state index contributed by atoms with van der Waals surface area (Å²) in [6.45, 7) is 0.112. The molecule has 2 amide bonds. The number of hydrogen-bond donors (Lipinski definition) is 3. The number of anilines is 3. The van der Waals surface area contributed by atoms with Crippen LogP contribution in [0.15, 0.2) is 78.9 Å². The quantitative estimate of drug-likeness (QED) is 0.497. The lowest BCUT2D eigenvalue weighted by Crippen LogP contribution is -2.22. The highest BCUT2D eigenvalue weighted by molar-refractivity contribution is 5.95. The molecule has 0 unspecified atom stereocenters. The molecule has 3 aromatic rings. The Kier molecular flexibility index (Phi) is 7.44. The van der Waals surface area contributed by atoms with Crippen LogP contribution in [0.1, 0.15) is 12.0 Å². The maximum atomic E-state index is 12.2.